The Kier molecular flexibility index (Phi) is 5.57. The van der Waals surface area contributed by atoms with E-state index < -0.39 is 17.5 Å². The fraction of sp³-hybridized carbons (Fsp3) is 0.353. The predicted octanol–water partition coefficient (Wildman–Crippen LogP) is 5.44. The van der Waals surface area contributed by atoms with E-state index in [1.54, 1.807) is 0 Å². The summed E-state index contributed by atoms with van der Waals surface area (Å²) < 4.78 is 39.1. The molecule has 23 heavy (non-hydrogen) atoms. The third kappa shape index (κ3) is 4.19. The average Bonchev–Trinajstić information content (AvgIpc) is 2.84. The first-order chi connectivity index (χ1) is 10.8. The largest absolute Gasteiger partial charge is 0.417 e. The average molecular weight is 341 g/mol. The van der Waals surface area contributed by atoms with Gasteiger partial charge in [-0.3, -0.25) is 4.79 Å². The Bertz CT molecular complexity index is 649. The van der Waals surface area contributed by atoms with Gasteiger partial charge in [-0.05, 0) is 24.8 Å². The lowest BCUT2D eigenvalue weighted by molar-refractivity contribution is -0.137. The van der Waals surface area contributed by atoms with Gasteiger partial charge in [0.2, 0.25) is 0 Å². The van der Waals surface area contributed by atoms with Gasteiger partial charge in [-0.25, -0.2) is 0 Å². The first kappa shape index (κ1) is 17.7. The Labute approximate surface area is 138 Å². The van der Waals surface area contributed by atoms with E-state index in [9.17, 15) is 18.0 Å². The van der Waals surface area contributed by atoms with Crippen LogP contribution in [0.5, 0.6) is 0 Å². The van der Waals surface area contributed by atoms with E-state index >= 15 is 0 Å². The number of ketones is 1. The molecule has 0 saturated carbocycles. The van der Waals surface area contributed by atoms with Crippen LogP contribution in [0.15, 0.2) is 46.5 Å². The summed E-state index contributed by atoms with van der Waals surface area (Å²) in [5.74, 6) is -0.620. The summed E-state index contributed by atoms with van der Waals surface area (Å²) in [6.07, 6.45) is -1.27. The maximum Gasteiger partial charge on any atom is 0.417 e. The van der Waals surface area contributed by atoms with Crippen molar-refractivity contribution in [2.45, 2.75) is 32.9 Å². The van der Waals surface area contributed by atoms with Crippen molar-refractivity contribution < 1.29 is 18.0 Å². The number of carbonyl (C=O) groups excluding carboxylic acids is 1. The van der Waals surface area contributed by atoms with Crippen LogP contribution in [-0.4, -0.2) is 17.2 Å². The zero-order valence-corrected chi connectivity index (χ0v) is 13.8. The molecule has 2 nitrogen and oxygen atoms in total. The highest BCUT2D eigenvalue weighted by molar-refractivity contribution is 8.06. The summed E-state index contributed by atoms with van der Waals surface area (Å²) >= 11 is 1.37. The third-order valence-corrected chi connectivity index (χ3v) is 4.57. The zero-order chi connectivity index (χ0) is 17.0. The van der Waals surface area contributed by atoms with E-state index in [4.69, 9.17) is 0 Å². The van der Waals surface area contributed by atoms with Crippen LogP contribution in [-0.2, 0) is 6.18 Å². The third-order valence-electron chi connectivity index (χ3n) is 3.53. The predicted molar refractivity (Wildman–Crippen MR) is 86.8 cm³/mol. The molecule has 0 aliphatic carbocycles. The Balaban J connectivity index is 2.28. The van der Waals surface area contributed by atoms with Crippen LogP contribution < -0.4 is 0 Å². The molecule has 124 valence electrons. The highest BCUT2D eigenvalue weighted by Crippen LogP contribution is 2.36. The van der Waals surface area contributed by atoms with E-state index in [2.05, 4.69) is 6.92 Å². The minimum Gasteiger partial charge on any atom is -0.339 e. The summed E-state index contributed by atoms with van der Waals surface area (Å²) in [6.45, 7) is 4.75. The summed E-state index contributed by atoms with van der Waals surface area (Å²) in [5, 5.41) is 2.59. The van der Waals surface area contributed by atoms with Crippen LogP contribution in [0.1, 0.15) is 42.6 Å². The topological polar surface area (TPSA) is 20.3 Å². The number of rotatable bonds is 5. The second-order valence-electron chi connectivity index (χ2n) is 5.27. The fourth-order valence-electron chi connectivity index (χ4n) is 2.30. The number of hydrogen-bond donors (Lipinski definition) is 0. The van der Waals surface area contributed by atoms with E-state index in [1.165, 1.54) is 36.0 Å². The highest BCUT2D eigenvalue weighted by atomic mass is 32.2. The SMILES string of the molecule is CCCCN1C(C)=CS/C1=C\C(=O)c1ccccc1C(F)(F)F. The van der Waals surface area contributed by atoms with E-state index in [0.29, 0.717) is 5.03 Å². The molecule has 0 atom stereocenters. The molecule has 0 bridgehead atoms. The number of thioether (sulfide) groups is 1. The first-order valence-corrected chi connectivity index (χ1v) is 8.25. The molecule has 1 aliphatic heterocycles. The number of halogens is 3. The van der Waals surface area contributed by atoms with E-state index in [-0.39, 0.29) is 5.56 Å². The number of alkyl halides is 3. The van der Waals surface area contributed by atoms with Crippen LogP contribution >= 0.6 is 11.8 Å². The number of carbonyl (C=O) groups is 1. The Hall–Kier alpha value is -1.69. The molecule has 0 unspecified atom stereocenters. The molecule has 0 N–H and O–H groups in total. The van der Waals surface area contributed by atoms with Crippen molar-refractivity contribution in [3.05, 3.63) is 57.6 Å². The maximum atomic E-state index is 13.0. The Morgan fingerprint density at radius 2 is 2.00 bits per heavy atom. The van der Waals surface area contributed by atoms with Gasteiger partial charge in [-0.2, -0.15) is 13.2 Å². The molecule has 1 heterocycles. The molecular weight excluding hydrogens is 323 g/mol. The second kappa shape index (κ2) is 7.25. The van der Waals surface area contributed by atoms with Gasteiger partial charge >= 0.3 is 6.18 Å². The second-order valence-corrected chi connectivity index (χ2v) is 6.16. The summed E-state index contributed by atoms with van der Waals surface area (Å²) in [6, 6.07) is 4.89. The number of allylic oxidation sites excluding steroid dienone is 2. The van der Waals surface area contributed by atoms with Crippen molar-refractivity contribution in [2.75, 3.05) is 6.54 Å². The smallest absolute Gasteiger partial charge is 0.339 e. The molecule has 0 aromatic heterocycles. The van der Waals surface area contributed by atoms with Crippen molar-refractivity contribution in [2.24, 2.45) is 0 Å². The number of nitrogens with zero attached hydrogens (tertiary/aromatic N) is 1. The lowest BCUT2D eigenvalue weighted by atomic mass is 10.0. The summed E-state index contributed by atoms with van der Waals surface area (Å²) in [7, 11) is 0. The molecule has 0 saturated heterocycles. The van der Waals surface area contributed by atoms with Crippen LogP contribution in [0, 0.1) is 0 Å². The van der Waals surface area contributed by atoms with E-state index in [1.807, 2.05) is 17.2 Å². The quantitative estimate of drug-likeness (QED) is 0.525. The molecule has 6 heteroatoms. The Morgan fingerprint density at radius 3 is 2.65 bits per heavy atom. The molecule has 1 aromatic rings. The highest BCUT2D eigenvalue weighted by Gasteiger charge is 2.34. The van der Waals surface area contributed by atoms with Crippen LogP contribution in [0.2, 0.25) is 0 Å². The number of benzene rings is 1. The van der Waals surface area contributed by atoms with Crippen molar-refractivity contribution in [3.63, 3.8) is 0 Å². The summed E-state index contributed by atoms with van der Waals surface area (Å²) in [4.78, 5) is 14.3. The monoisotopic (exact) mass is 341 g/mol. The van der Waals surface area contributed by atoms with Gasteiger partial charge in [0, 0.05) is 23.9 Å². The molecule has 0 radical (unpaired) electrons. The molecule has 0 amide bonds. The lowest BCUT2D eigenvalue weighted by Gasteiger charge is -2.21. The summed E-state index contributed by atoms with van der Waals surface area (Å²) in [5.41, 5.74) is -0.200. The molecule has 0 spiro atoms. The standard InChI is InChI=1S/C17H18F3NOS/c1-3-4-9-21-12(2)11-23-16(21)10-15(22)13-7-5-6-8-14(13)17(18,19)20/h5-8,10-11H,3-4,9H2,1-2H3/b16-10-. The lowest BCUT2D eigenvalue weighted by Crippen LogP contribution is -2.19. The van der Waals surface area contributed by atoms with Crippen molar-refractivity contribution in [3.8, 4) is 0 Å². The molecule has 1 aromatic carbocycles. The molecular formula is C17H18F3NOS. The normalized spacial score (nSPS) is 16.8. The molecule has 0 fully saturated rings. The van der Waals surface area contributed by atoms with Crippen LogP contribution in [0.4, 0.5) is 13.2 Å². The van der Waals surface area contributed by atoms with Crippen LogP contribution in [0.3, 0.4) is 0 Å². The van der Waals surface area contributed by atoms with Crippen molar-refractivity contribution in [1.29, 1.82) is 0 Å². The molecule has 1 aliphatic rings. The van der Waals surface area contributed by atoms with Crippen molar-refractivity contribution >= 4 is 17.5 Å². The van der Waals surface area contributed by atoms with Gasteiger partial charge < -0.3 is 4.90 Å². The minimum atomic E-state index is -4.54. The molecule has 2 rings (SSSR count). The first-order valence-electron chi connectivity index (χ1n) is 7.37. The maximum absolute atomic E-state index is 13.0. The fourth-order valence-corrected chi connectivity index (χ4v) is 3.25. The van der Waals surface area contributed by atoms with Gasteiger partial charge in [0.05, 0.1) is 10.6 Å². The van der Waals surface area contributed by atoms with Crippen LogP contribution in [0.25, 0.3) is 0 Å². The number of unbranched alkanes of at least 4 members (excludes halogenated alkanes) is 1. The Morgan fingerprint density at radius 1 is 1.30 bits per heavy atom. The van der Waals surface area contributed by atoms with Gasteiger partial charge in [0.1, 0.15) is 0 Å². The van der Waals surface area contributed by atoms with E-state index in [0.717, 1.165) is 31.1 Å². The number of hydrogen-bond acceptors (Lipinski definition) is 3. The zero-order valence-electron chi connectivity index (χ0n) is 13.0. The van der Waals surface area contributed by atoms with Gasteiger partial charge in [0.15, 0.2) is 5.78 Å². The van der Waals surface area contributed by atoms with Gasteiger partial charge in [-0.1, -0.05) is 43.3 Å². The van der Waals surface area contributed by atoms with Gasteiger partial charge in [0.25, 0.3) is 0 Å². The van der Waals surface area contributed by atoms with Gasteiger partial charge in [-0.15, -0.1) is 0 Å². The van der Waals surface area contributed by atoms with Crippen molar-refractivity contribution in [1.82, 2.24) is 4.90 Å². The minimum absolute atomic E-state index is 0.312.